The number of fused-ring (bicyclic) bond motifs is 2. The van der Waals surface area contributed by atoms with Crippen LogP contribution < -0.4 is 14.5 Å². The van der Waals surface area contributed by atoms with E-state index in [1.54, 1.807) is 42.5 Å². The molecule has 0 unspecified atom stereocenters. The minimum atomic E-state index is -4.16. The van der Waals surface area contributed by atoms with Crippen LogP contribution in [-0.2, 0) is 16.7 Å². The molecule has 1 aromatic heterocycles. The first-order chi connectivity index (χ1) is 20.8. The van der Waals surface area contributed by atoms with E-state index in [9.17, 15) is 13.2 Å². The van der Waals surface area contributed by atoms with E-state index in [-0.39, 0.29) is 28.6 Å². The van der Waals surface area contributed by atoms with E-state index >= 15 is 0 Å². The predicted octanol–water partition coefficient (Wildman–Crippen LogP) is 6.40. The van der Waals surface area contributed by atoms with Crippen molar-refractivity contribution in [2.45, 2.75) is 25.3 Å². The molecule has 0 fully saturated rings. The SMILES string of the molecule is Cc1ccc(S(=O)(=O)Oc2ccc3ccccc3c2/C=N/n2c(COc3ccccc3C)nc3ccccc3c2=O)cc1. The van der Waals surface area contributed by atoms with Gasteiger partial charge in [-0.3, -0.25) is 4.79 Å². The first kappa shape index (κ1) is 27.9. The standard InChI is InChI=1S/C34H27N3O5S/c1-23-15-18-26(19-16-23)43(39,40)42-32-20-17-25-10-4-5-11-27(25)29(32)21-35-37-33(22-41-31-14-8-3-9-24(31)2)36-30-13-7-6-12-28(30)34(37)38/h3-21H,22H2,1-2H3/b35-21+. The van der Waals surface area contributed by atoms with Crippen molar-refractivity contribution < 1.29 is 17.3 Å². The molecular weight excluding hydrogens is 562 g/mol. The number of nitrogens with zero attached hydrogens (tertiary/aromatic N) is 3. The van der Waals surface area contributed by atoms with Gasteiger partial charge in [-0.25, -0.2) is 4.98 Å². The summed E-state index contributed by atoms with van der Waals surface area (Å²) >= 11 is 0. The van der Waals surface area contributed by atoms with Crippen LogP contribution in [0, 0.1) is 13.8 Å². The fraction of sp³-hybridized carbons (Fsp3) is 0.0882. The summed E-state index contributed by atoms with van der Waals surface area (Å²) in [4.78, 5) is 18.4. The Kier molecular flexibility index (Phi) is 7.48. The highest BCUT2D eigenvalue weighted by Crippen LogP contribution is 2.29. The molecule has 0 spiro atoms. The lowest BCUT2D eigenvalue weighted by molar-refractivity contribution is 0.287. The molecule has 214 valence electrons. The maximum atomic E-state index is 13.7. The van der Waals surface area contributed by atoms with Gasteiger partial charge in [0.15, 0.2) is 11.6 Å². The van der Waals surface area contributed by atoms with Crippen LogP contribution in [0.3, 0.4) is 0 Å². The monoisotopic (exact) mass is 589 g/mol. The lowest BCUT2D eigenvalue weighted by Crippen LogP contribution is -2.23. The third-order valence-electron chi connectivity index (χ3n) is 7.01. The Hall–Kier alpha value is -5.28. The summed E-state index contributed by atoms with van der Waals surface area (Å²) in [6.07, 6.45) is 1.43. The van der Waals surface area contributed by atoms with Gasteiger partial charge in [0.05, 0.1) is 17.1 Å². The quantitative estimate of drug-likeness (QED) is 0.151. The van der Waals surface area contributed by atoms with Gasteiger partial charge in [0.1, 0.15) is 17.3 Å². The lowest BCUT2D eigenvalue weighted by atomic mass is 10.0. The maximum Gasteiger partial charge on any atom is 0.339 e. The summed E-state index contributed by atoms with van der Waals surface area (Å²) in [5.41, 5.74) is 2.38. The molecule has 0 aliphatic carbocycles. The Balaban J connectivity index is 1.46. The van der Waals surface area contributed by atoms with Crippen molar-refractivity contribution in [2.75, 3.05) is 0 Å². The van der Waals surface area contributed by atoms with Crippen LogP contribution in [0.15, 0.2) is 124 Å². The second-order valence-corrected chi connectivity index (χ2v) is 11.6. The number of hydrogen-bond donors (Lipinski definition) is 0. The zero-order valence-corrected chi connectivity index (χ0v) is 24.3. The van der Waals surface area contributed by atoms with Crippen LogP contribution in [0.4, 0.5) is 0 Å². The average Bonchev–Trinajstić information content (AvgIpc) is 3.01. The van der Waals surface area contributed by atoms with E-state index in [0.29, 0.717) is 27.6 Å². The molecular formula is C34H27N3O5S. The van der Waals surface area contributed by atoms with Gasteiger partial charge >= 0.3 is 10.1 Å². The molecule has 0 radical (unpaired) electrons. The van der Waals surface area contributed by atoms with Crippen molar-refractivity contribution in [2.24, 2.45) is 5.10 Å². The summed E-state index contributed by atoms with van der Waals surface area (Å²) in [7, 11) is -4.16. The highest BCUT2D eigenvalue weighted by atomic mass is 32.2. The average molecular weight is 590 g/mol. The maximum absolute atomic E-state index is 13.7. The molecule has 0 aliphatic rings. The summed E-state index contributed by atoms with van der Waals surface area (Å²) in [6.45, 7) is 3.78. The number of ether oxygens (including phenoxy) is 1. The van der Waals surface area contributed by atoms with Gasteiger partial charge in [-0.05, 0) is 66.6 Å². The Morgan fingerprint density at radius 2 is 1.49 bits per heavy atom. The molecule has 0 atom stereocenters. The molecule has 6 aromatic rings. The number of aromatic nitrogens is 2. The molecule has 9 heteroatoms. The largest absolute Gasteiger partial charge is 0.485 e. The van der Waals surface area contributed by atoms with Gasteiger partial charge in [-0.15, -0.1) is 0 Å². The number of benzene rings is 5. The highest BCUT2D eigenvalue weighted by Gasteiger charge is 2.20. The number of hydrogen-bond acceptors (Lipinski definition) is 7. The zero-order chi connectivity index (χ0) is 30.0. The van der Waals surface area contributed by atoms with Gasteiger partial charge in [0, 0.05) is 5.56 Å². The molecule has 5 aromatic carbocycles. The van der Waals surface area contributed by atoms with E-state index in [2.05, 4.69) is 10.1 Å². The first-order valence-electron chi connectivity index (χ1n) is 13.6. The van der Waals surface area contributed by atoms with Crippen LogP contribution in [-0.4, -0.2) is 24.3 Å². The van der Waals surface area contributed by atoms with Crippen molar-refractivity contribution in [3.63, 3.8) is 0 Å². The van der Waals surface area contributed by atoms with Gasteiger partial charge in [-0.2, -0.15) is 18.2 Å². The minimum Gasteiger partial charge on any atom is -0.485 e. The highest BCUT2D eigenvalue weighted by molar-refractivity contribution is 7.87. The van der Waals surface area contributed by atoms with Crippen LogP contribution in [0.25, 0.3) is 21.7 Å². The van der Waals surface area contributed by atoms with E-state index < -0.39 is 10.1 Å². The van der Waals surface area contributed by atoms with Crippen LogP contribution >= 0.6 is 0 Å². The molecule has 8 nitrogen and oxygen atoms in total. The van der Waals surface area contributed by atoms with Crippen molar-refractivity contribution in [3.8, 4) is 11.5 Å². The number of aryl methyl sites for hydroxylation is 2. The van der Waals surface area contributed by atoms with Gasteiger partial charge in [-0.1, -0.05) is 78.4 Å². The molecule has 6 rings (SSSR count). The van der Waals surface area contributed by atoms with E-state index in [0.717, 1.165) is 16.5 Å². The van der Waals surface area contributed by atoms with Gasteiger partial charge in [0.25, 0.3) is 5.56 Å². The number of rotatable bonds is 8. The Morgan fingerprint density at radius 1 is 0.791 bits per heavy atom. The van der Waals surface area contributed by atoms with Crippen molar-refractivity contribution in [1.82, 2.24) is 9.66 Å². The summed E-state index contributed by atoms with van der Waals surface area (Å²) in [5.74, 6) is 1.01. The topological polar surface area (TPSA) is 99.8 Å². The van der Waals surface area contributed by atoms with Gasteiger partial charge in [0.2, 0.25) is 0 Å². The summed E-state index contributed by atoms with van der Waals surface area (Å²) in [6, 6.07) is 31.8. The lowest BCUT2D eigenvalue weighted by Gasteiger charge is -2.13. The van der Waals surface area contributed by atoms with Crippen molar-refractivity contribution in [3.05, 3.63) is 142 Å². The molecule has 0 amide bonds. The fourth-order valence-corrected chi connectivity index (χ4v) is 5.66. The Labute approximate surface area is 248 Å². The molecule has 0 saturated heterocycles. The third-order valence-corrected chi connectivity index (χ3v) is 8.26. The molecule has 0 aliphatic heterocycles. The van der Waals surface area contributed by atoms with E-state index in [1.807, 2.05) is 68.4 Å². The second-order valence-electron chi connectivity index (χ2n) is 10.0. The second kappa shape index (κ2) is 11.5. The van der Waals surface area contributed by atoms with E-state index in [4.69, 9.17) is 8.92 Å². The summed E-state index contributed by atoms with van der Waals surface area (Å²) in [5, 5.41) is 6.47. The normalized spacial score (nSPS) is 11.8. The smallest absolute Gasteiger partial charge is 0.339 e. The Bertz CT molecular complexity index is 2170. The summed E-state index contributed by atoms with van der Waals surface area (Å²) < 4.78 is 39.3. The molecule has 43 heavy (non-hydrogen) atoms. The molecule has 0 bridgehead atoms. The number of para-hydroxylation sites is 2. The predicted molar refractivity (Wildman–Crippen MR) is 167 cm³/mol. The molecule has 0 saturated carbocycles. The van der Waals surface area contributed by atoms with Crippen molar-refractivity contribution >= 4 is 38.0 Å². The minimum absolute atomic E-state index is 0.0248. The van der Waals surface area contributed by atoms with E-state index in [1.165, 1.54) is 23.0 Å². The van der Waals surface area contributed by atoms with Crippen LogP contribution in [0.2, 0.25) is 0 Å². The molecule has 0 N–H and O–H groups in total. The zero-order valence-electron chi connectivity index (χ0n) is 23.5. The van der Waals surface area contributed by atoms with Crippen molar-refractivity contribution in [1.29, 1.82) is 0 Å². The third kappa shape index (κ3) is 5.75. The molecule has 1 heterocycles. The first-order valence-corrected chi connectivity index (χ1v) is 15.0. The van der Waals surface area contributed by atoms with Gasteiger partial charge < -0.3 is 8.92 Å². The van der Waals surface area contributed by atoms with Crippen LogP contribution in [0.1, 0.15) is 22.5 Å². The van der Waals surface area contributed by atoms with Crippen LogP contribution in [0.5, 0.6) is 11.5 Å². The Morgan fingerprint density at radius 3 is 2.28 bits per heavy atom. The fourth-order valence-electron chi connectivity index (χ4n) is 4.71.